The first-order chi connectivity index (χ1) is 11.5. The Hall–Kier alpha value is -1.77. The second-order valence-electron chi connectivity index (χ2n) is 5.14. The molecule has 130 valence electrons. The summed E-state index contributed by atoms with van der Waals surface area (Å²) in [7, 11) is 0. The lowest BCUT2D eigenvalue weighted by molar-refractivity contribution is -0.122. The highest BCUT2D eigenvalue weighted by Gasteiger charge is 2.32. The molecule has 1 aromatic rings. The smallest absolute Gasteiger partial charge is 0.329 e. The van der Waals surface area contributed by atoms with Gasteiger partial charge in [-0.1, -0.05) is 6.92 Å². The van der Waals surface area contributed by atoms with E-state index in [-0.39, 0.29) is 17.6 Å². The van der Waals surface area contributed by atoms with Gasteiger partial charge in [0.15, 0.2) is 11.5 Å². The van der Waals surface area contributed by atoms with Crippen molar-refractivity contribution in [2.75, 3.05) is 19.8 Å². The van der Waals surface area contributed by atoms with Gasteiger partial charge in [-0.05, 0) is 66.6 Å². The van der Waals surface area contributed by atoms with Crippen LogP contribution in [0.4, 0.5) is 4.79 Å². The van der Waals surface area contributed by atoms with Crippen molar-refractivity contribution in [2.45, 2.75) is 27.2 Å². The Morgan fingerprint density at radius 1 is 1.17 bits per heavy atom. The number of imide groups is 1. The maximum Gasteiger partial charge on any atom is 0.329 e. The van der Waals surface area contributed by atoms with Crippen LogP contribution in [-0.4, -0.2) is 36.6 Å². The molecule has 7 heteroatoms. The van der Waals surface area contributed by atoms with Crippen molar-refractivity contribution in [3.05, 3.63) is 27.0 Å². The highest BCUT2D eigenvalue weighted by atomic mass is 127. The predicted molar refractivity (Wildman–Crippen MR) is 100 cm³/mol. The maximum atomic E-state index is 12.3. The molecule has 1 aromatic carbocycles. The molecule has 1 N–H and O–H groups in total. The molecule has 3 amide bonds. The second kappa shape index (κ2) is 8.36. The number of rotatable bonds is 7. The molecular formula is C17H21IN2O4. The largest absolute Gasteiger partial charge is 0.490 e. The Morgan fingerprint density at radius 3 is 2.50 bits per heavy atom. The summed E-state index contributed by atoms with van der Waals surface area (Å²) in [6, 6.07) is 3.33. The Morgan fingerprint density at radius 2 is 1.88 bits per heavy atom. The molecule has 0 unspecified atom stereocenters. The van der Waals surface area contributed by atoms with Crippen molar-refractivity contribution in [3.63, 3.8) is 0 Å². The zero-order valence-electron chi connectivity index (χ0n) is 14.0. The Labute approximate surface area is 155 Å². The lowest BCUT2D eigenvalue weighted by Crippen LogP contribution is -2.31. The molecule has 1 aliphatic rings. The first kappa shape index (κ1) is 18.6. The summed E-state index contributed by atoms with van der Waals surface area (Å²) in [5, 5.41) is 2.62. The van der Waals surface area contributed by atoms with Crippen LogP contribution in [-0.2, 0) is 4.79 Å². The molecule has 1 fully saturated rings. The fourth-order valence-corrected chi connectivity index (χ4v) is 3.16. The normalized spacial score (nSPS) is 15.8. The lowest BCUT2D eigenvalue weighted by atomic mass is 10.1. The van der Waals surface area contributed by atoms with Gasteiger partial charge in [0, 0.05) is 6.54 Å². The standard InChI is InChI=1S/C17H21IN2O4/c1-4-7-20-16(21)13(19-17(20)22)9-11-8-12(18)15(24-6-3)14(10-11)23-5-2/h8-10H,4-7H2,1-3H3,(H,19,22)/b13-9+. The molecule has 0 bridgehead atoms. The molecule has 1 saturated heterocycles. The monoisotopic (exact) mass is 444 g/mol. The van der Waals surface area contributed by atoms with Crippen molar-refractivity contribution >= 4 is 40.6 Å². The molecule has 0 aromatic heterocycles. The SMILES string of the molecule is CCCN1C(=O)N/C(=C/c2cc(I)c(OCC)c(OCC)c2)C1=O. The number of carbonyl (C=O) groups is 2. The van der Waals surface area contributed by atoms with Gasteiger partial charge < -0.3 is 14.8 Å². The minimum absolute atomic E-state index is 0.274. The van der Waals surface area contributed by atoms with E-state index >= 15 is 0 Å². The zero-order valence-corrected chi connectivity index (χ0v) is 16.2. The number of benzene rings is 1. The van der Waals surface area contributed by atoms with Gasteiger partial charge in [-0.15, -0.1) is 0 Å². The van der Waals surface area contributed by atoms with E-state index in [2.05, 4.69) is 27.9 Å². The highest BCUT2D eigenvalue weighted by Crippen LogP contribution is 2.35. The third-order valence-corrected chi connectivity index (χ3v) is 4.14. The molecule has 0 radical (unpaired) electrons. The van der Waals surface area contributed by atoms with Crippen LogP contribution in [0.2, 0.25) is 0 Å². The zero-order chi connectivity index (χ0) is 17.7. The number of halogens is 1. The van der Waals surface area contributed by atoms with Gasteiger partial charge in [-0.25, -0.2) is 4.79 Å². The lowest BCUT2D eigenvalue weighted by Gasteiger charge is -2.13. The van der Waals surface area contributed by atoms with E-state index in [9.17, 15) is 9.59 Å². The van der Waals surface area contributed by atoms with E-state index in [1.807, 2.05) is 32.9 Å². The minimum atomic E-state index is -0.376. The van der Waals surface area contributed by atoms with Crippen LogP contribution in [0.5, 0.6) is 11.5 Å². The van der Waals surface area contributed by atoms with Crippen LogP contribution in [0.15, 0.2) is 17.8 Å². The van der Waals surface area contributed by atoms with Crippen LogP contribution < -0.4 is 14.8 Å². The quantitative estimate of drug-likeness (QED) is 0.398. The van der Waals surface area contributed by atoms with Crippen LogP contribution in [0.3, 0.4) is 0 Å². The molecule has 2 rings (SSSR count). The number of nitrogens with zero attached hydrogens (tertiary/aromatic N) is 1. The first-order valence-corrected chi connectivity index (χ1v) is 9.03. The number of urea groups is 1. The van der Waals surface area contributed by atoms with Crippen molar-refractivity contribution in [2.24, 2.45) is 0 Å². The molecule has 0 aliphatic carbocycles. The van der Waals surface area contributed by atoms with Crippen molar-refractivity contribution in [1.82, 2.24) is 10.2 Å². The Bertz CT molecular complexity index is 673. The number of amides is 3. The van der Waals surface area contributed by atoms with Gasteiger partial charge in [0.05, 0.1) is 16.8 Å². The van der Waals surface area contributed by atoms with Crippen LogP contribution in [0.1, 0.15) is 32.8 Å². The summed E-state index contributed by atoms with van der Waals surface area (Å²) < 4.78 is 12.2. The van der Waals surface area contributed by atoms with E-state index < -0.39 is 0 Å². The van der Waals surface area contributed by atoms with Gasteiger partial charge in [0.25, 0.3) is 5.91 Å². The molecule has 0 saturated carbocycles. The van der Waals surface area contributed by atoms with Gasteiger partial charge in [0.2, 0.25) is 0 Å². The molecule has 24 heavy (non-hydrogen) atoms. The van der Waals surface area contributed by atoms with Gasteiger partial charge in [-0.2, -0.15) is 0 Å². The number of hydrogen-bond donors (Lipinski definition) is 1. The third-order valence-electron chi connectivity index (χ3n) is 3.34. The number of carbonyl (C=O) groups excluding carboxylic acids is 2. The average molecular weight is 444 g/mol. The fraction of sp³-hybridized carbons (Fsp3) is 0.412. The van der Waals surface area contributed by atoms with Crippen molar-refractivity contribution < 1.29 is 19.1 Å². The summed E-state index contributed by atoms with van der Waals surface area (Å²) in [4.78, 5) is 25.4. The Kier molecular flexibility index (Phi) is 6.47. The van der Waals surface area contributed by atoms with Crippen LogP contribution in [0.25, 0.3) is 6.08 Å². The summed E-state index contributed by atoms with van der Waals surface area (Å²) in [6.07, 6.45) is 2.39. The number of nitrogens with one attached hydrogen (secondary N) is 1. The van der Waals surface area contributed by atoms with Crippen LogP contribution in [0, 0.1) is 3.57 Å². The van der Waals surface area contributed by atoms with E-state index in [1.165, 1.54) is 4.90 Å². The predicted octanol–water partition coefficient (Wildman–Crippen LogP) is 3.39. The van der Waals surface area contributed by atoms with E-state index in [0.717, 1.165) is 15.6 Å². The second-order valence-corrected chi connectivity index (χ2v) is 6.30. The van der Waals surface area contributed by atoms with Gasteiger partial charge in [0.1, 0.15) is 5.70 Å². The van der Waals surface area contributed by atoms with Crippen molar-refractivity contribution in [3.8, 4) is 11.5 Å². The van der Waals surface area contributed by atoms with Gasteiger partial charge in [-0.3, -0.25) is 9.69 Å². The van der Waals surface area contributed by atoms with Crippen LogP contribution >= 0.6 is 22.6 Å². The van der Waals surface area contributed by atoms with Gasteiger partial charge >= 0.3 is 6.03 Å². The number of hydrogen-bond acceptors (Lipinski definition) is 4. The molecule has 6 nitrogen and oxygen atoms in total. The molecule has 0 atom stereocenters. The van der Waals surface area contributed by atoms with E-state index in [1.54, 1.807) is 6.08 Å². The fourth-order valence-electron chi connectivity index (χ4n) is 2.38. The Balaban J connectivity index is 2.36. The molecule has 1 aliphatic heterocycles. The minimum Gasteiger partial charge on any atom is -0.490 e. The topological polar surface area (TPSA) is 67.9 Å². The average Bonchev–Trinajstić information content (AvgIpc) is 2.79. The van der Waals surface area contributed by atoms with Crippen molar-refractivity contribution in [1.29, 1.82) is 0 Å². The third kappa shape index (κ3) is 4.00. The molecular weight excluding hydrogens is 423 g/mol. The molecule has 1 heterocycles. The number of ether oxygens (including phenoxy) is 2. The summed E-state index contributed by atoms with van der Waals surface area (Å²) in [6.45, 7) is 7.19. The summed E-state index contributed by atoms with van der Waals surface area (Å²) in [5.74, 6) is 1.01. The maximum absolute atomic E-state index is 12.3. The summed E-state index contributed by atoms with van der Waals surface area (Å²) in [5.41, 5.74) is 1.05. The molecule has 0 spiro atoms. The first-order valence-electron chi connectivity index (χ1n) is 7.95. The highest BCUT2D eigenvalue weighted by molar-refractivity contribution is 14.1. The summed E-state index contributed by atoms with van der Waals surface area (Å²) >= 11 is 2.17. The van der Waals surface area contributed by atoms with E-state index in [4.69, 9.17) is 9.47 Å². The van der Waals surface area contributed by atoms with E-state index in [0.29, 0.717) is 31.3 Å².